The van der Waals surface area contributed by atoms with Crippen LogP contribution in [0, 0.1) is 0 Å². The summed E-state index contributed by atoms with van der Waals surface area (Å²) in [5, 5.41) is 0. The van der Waals surface area contributed by atoms with Crippen molar-refractivity contribution >= 4 is 0 Å². The minimum atomic E-state index is -4.30. The molecule has 1 unspecified atom stereocenters. The summed E-state index contributed by atoms with van der Waals surface area (Å²) in [5.74, 6) is 0. The van der Waals surface area contributed by atoms with Gasteiger partial charge in [0.2, 0.25) is 0 Å². The van der Waals surface area contributed by atoms with Crippen molar-refractivity contribution in [3.05, 3.63) is 35.9 Å². The van der Waals surface area contributed by atoms with E-state index >= 15 is 0 Å². The molecule has 0 aromatic heterocycles. The van der Waals surface area contributed by atoms with Crippen LogP contribution in [0.2, 0.25) is 0 Å². The first-order valence-electron chi connectivity index (χ1n) is 5.02. The largest absolute Gasteiger partial charge is 0.413 e. The maximum absolute atomic E-state index is 11.8. The highest BCUT2D eigenvalue weighted by Crippen LogP contribution is 2.18. The van der Waals surface area contributed by atoms with Crippen LogP contribution in [-0.2, 0) is 4.84 Å². The van der Waals surface area contributed by atoms with Crippen LogP contribution >= 0.6 is 0 Å². The Bertz CT molecular complexity index is 300. The van der Waals surface area contributed by atoms with Crippen molar-refractivity contribution in [1.82, 2.24) is 5.48 Å². The van der Waals surface area contributed by atoms with Crippen LogP contribution in [0.25, 0.3) is 0 Å². The Morgan fingerprint density at radius 1 is 1.25 bits per heavy atom. The molecular weight excluding hydrogens is 219 g/mol. The van der Waals surface area contributed by atoms with E-state index in [2.05, 4.69) is 10.3 Å². The molecule has 0 saturated carbocycles. The third-order valence-corrected chi connectivity index (χ3v) is 2.07. The Morgan fingerprint density at radius 2 is 1.88 bits per heavy atom. The van der Waals surface area contributed by atoms with E-state index in [4.69, 9.17) is 0 Å². The quantitative estimate of drug-likeness (QED) is 0.788. The van der Waals surface area contributed by atoms with Gasteiger partial charge in [-0.2, -0.15) is 18.7 Å². The second kappa shape index (κ2) is 5.86. The molecule has 0 saturated heterocycles. The summed E-state index contributed by atoms with van der Waals surface area (Å²) in [4.78, 5) is 4.43. The number of hydrogen-bond donors (Lipinski definition) is 1. The van der Waals surface area contributed by atoms with E-state index < -0.39 is 12.8 Å². The zero-order valence-corrected chi connectivity index (χ0v) is 8.92. The Kier molecular flexibility index (Phi) is 4.76. The lowest BCUT2D eigenvalue weighted by Crippen LogP contribution is -2.27. The summed E-state index contributed by atoms with van der Waals surface area (Å²) in [6.07, 6.45) is -3.65. The zero-order valence-electron chi connectivity index (χ0n) is 8.92. The molecule has 0 amide bonds. The highest BCUT2D eigenvalue weighted by atomic mass is 19.4. The fourth-order valence-corrected chi connectivity index (χ4v) is 1.30. The van der Waals surface area contributed by atoms with Crippen molar-refractivity contribution in [2.45, 2.75) is 25.6 Å². The summed E-state index contributed by atoms with van der Waals surface area (Å²) in [7, 11) is 0. The van der Waals surface area contributed by atoms with Crippen LogP contribution < -0.4 is 5.48 Å². The molecule has 0 radical (unpaired) electrons. The lowest BCUT2D eigenvalue weighted by molar-refractivity contribution is -0.193. The average molecular weight is 233 g/mol. The average Bonchev–Trinajstić information content (AvgIpc) is 2.24. The Labute approximate surface area is 92.4 Å². The molecule has 0 fully saturated rings. The smallest absolute Gasteiger partial charge is 0.292 e. The summed E-state index contributed by atoms with van der Waals surface area (Å²) in [5.41, 5.74) is 3.33. The SMILES string of the molecule is CCC(NOCC(F)(F)F)c1ccccc1. The molecule has 0 aliphatic carbocycles. The van der Waals surface area contributed by atoms with Gasteiger partial charge in [0, 0.05) is 0 Å². The van der Waals surface area contributed by atoms with E-state index in [0.717, 1.165) is 5.56 Å². The monoisotopic (exact) mass is 233 g/mol. The molecule has 0 heterocycles. The second-order valence-corrected chi connectivity index (χ2v) is 3.39. The molecule has 1 rings (SSSR count). The molecule has 0 aliphatic heterocycles. The van der Waals surface area contributed by atoms with Crippen molar-refractivity contribution in [1.29, 1.82) is 0 Å². The first-order valence-corrected chi connectivity index (χ1v) is 5.02. The number of hydroxylamine groups is 1. The normalized spacial score (nSPS) is 13.8. The molecule has 2 nitrogen and oxygen atoms in total. The minimum Gasteiger partial charge on any atom is -0.292 e. The van der Waals surface area contributed by atoms with Gasteiger partial charge in [0.1, 0.15) is 0 Å². The Hall–Kier alpha value is -1.07. The summed E-state index contributed by atoms with van der Waals surface area (Å²) >= 11 is 0. The molecule has 0 bridgehead atoms. The predicted octanol–water partition coefficient (Wildman–Crippen LogP) is 3.22. The molecule has 1 aromatic rings. The molecule has 90 valence electrons. The molecule has 0 aliphatic rings. The van der Waals surface area contributed by atoms with E-state index in [1.54, 1.807) is 0 Å². The second-order valence-electron chi connectivity index (χ2n) is 3.39. The fraction of sp³-hybridized carbons (Fsp3) is 0.455. The van der Waals surface area contributed by atoms with Gasteiger partial charge in [-0.25, -0.2) is 0 Å². The maximum Gasteiger partial charge on any atom is 0.413 e. The van der Waals surface area contributed by atoms with Crippen molar-refractivity contribution in [3.63, 3.8) is 0 Å². The lowest BCUT2D eigenvalue weighted by Gasteiger charge is -2.17. The summed E-state index contributed by atoms with van der Waals surface area (Å²) < 4.78 is 35.5. The maximum atomic E-state index is 11.8. The Balaban J connectivity index is 2.45. The van der Waals surface area contributed by atoms with Gasteiger partial charge in [-0.15, -0.1) is 0 Å². The molecule has 1 N–H and O–H groups in total. The van der Waals surface area contributed by atoms with Gasteiger partial charge < -0.3 is 0 Å². The van der Waals surface area contributed by atoms with E-state index in [1.807, 2.05) is 37.3 Å². The van der Waals surface area contributed by atoms with Crippen molar-refractivity contribution in [2.75, 3.05) is 6.61 Å². The number of halogens is 3. The molecular formula is C11H14F3NO. The van der Waals surface area contributed by atoms with Crippen LogP contribution in [0.4, 0.5) is 13.2 Å². The number of alkyl halides is 3. The number of rotatable bonds is 5. The fourth-order valence-electron chi connectivity index (χ4n) is 1.30. The predicted molar refractivity (Wildman–Crippen MR) is 54.6 cm³/mol. The Morgan fingerprint density at radius 3 is 2.38 bits per heavy atom. The van der Waals surface area contributed by atoms with Crippen molar-refractivity contribution < 1.29 is 18.0 Å². The molecule has 16 heavy (non-hydrogen) atoms. The third-order valence-electron chi connectivity index (χ3n) is 2.07. The number of hydrogen-bond acceptors (Lipinski definition) is 2. The standard InChI is InChI=1S/C11H14F3NO/c1-2-10(9-6-4-3-5-7-9)15-16-8-11(12,13)14/h3-7,10,15H,2,8H2,1H3. The zero-order chi connectivity index (χ0) is 12.0. The first kappa shape index (κ1) is 13.0. The van der Waals surface area contributed by atoms with Crippen LogP contribution in [0.5, 0.6) is 0 Å². The van der Waals surface area contributed by atoms with Crippen LogP contribution in [0.3, 0.4) is 0 Å². The minimum absolute atomic E-state index is 0.219. The highest BCUT2D eigenvalue weighted by molar-refractivity contribution is 5.18. The van der Waals surface area contributed by atoms with Gasteiger partial charge in [0.25, 0.3) is 0 Å². The molecule has 1 aromatic carbocycles. The van der Waals surface area contributed by atoms with Crippen molar-refractivity contribution in [2.24, 2.45) is 0 Å². The van der Waals surface area contributed by atoms with Gasteiger partial charge >= 0.3 is 6.18 Å². The van der Waals surface area contributed by atoms with Gasteiger partial charge in [-0.3, -0.25) is 4.84 Å². The van der Waals surface area contributed by atoms with Gasteiger partial charge in [-0.05, 0) is 12.0 Å². The topological polar surface area (TPSA) is 21.3 Å². The van der Waals surface area contributed by atoms with E-state index in [9.17, 15) is 13.2 Å². The molecule has 5 heteroatoms. The van der Waals surface area contributed by atoms with Gasteiger partial charge in [0.15, 0.2) is 6.61 Å². The van der Waals surface area contributed by atoms with E-state index in [-0.39, 0.29) is 6.04 Å². The third kappa shape index (κ3) is 4.63. The lowest BCUT2D eigenvalue weighted by atomic mass is 10.1. The van der Waals surface area contributed by atoms with Crippen molar-refractivity contribution in [3.8, 4) is 0 Å². The first-order chi connectivity index (χ1) is 7.53. The van der Waals surface area contributed by atoms with Gasteiger partial charge in [-0.1, -0.05) is 37.3 Å². The summed E-state index contributed by atoms with van der Waals surface area (Å²) in [6, 6.07) is 9.00. The molecule has 0 spiro atoms. The van der Waals surface area contributed by atoms with Gasteiger partial charge in [0.05, 0.1) is 6.04 Å². The number of benzene rings is 1. The van der Waals surface area contributed by atoms with Crippen LogP contribution in [0.1, 0.15) is 24.9 Å². The van der Waals surface area contributed by atoms with E-state index in [0.29, 0.717) is 6.42 Å². The molecule has 1 atom stereocenters. The highest BCUT2D eigenvalue weighted by Gasteiger charge is 2.28. The van der Waals surface area contributed by atoms with E-state index in [1.165, 1.54) is 0 Å². The van der Waals surface area contributed by atoms with Crippen LogP contribution in [-0.4, -0.2) is 12.8 Å². The number of nitrogens with one attached hydrogen (secondary N) is 1. The summed E-state index contributed by atoms with van der Waals surface area (Å²) in [6.45, 7) is 0.595. The van der Waals surface area contributed by atoms with Crippen LogP contribution in [0.15, 0.2) is 30.3 Å².